The van der Waals surface area contributed by atoms with E-state index in [0.717, 1.165) is 10.4 Å². The number of carbonyl (C=O) groups is 1. The van der Waals surface area contributed by atoms with E-state index < -0.39 is 11.4 Å². The Morgan fingerprint density at radius 2 is 2.19 bits per heavy atom. The molecule has 1 fully saturated rings. The summed E-state index contributed by atoms with van der Waals surface area (Å²) in [4.78, 5) is 12.6. The van der Waals surface area contributed by atoms with Crippen molar-refractivity contribution in [2.24, 2.45) is 0 Å². The molecule has 0 amide bonds. The van der Waals surface area contributed by atoms with E-state index in [2.05, 4.69) is 0 Å². The highest BCUT2D eigenvalue weighted by Crippen LogP contribution is 2.42. The lowest BCUT2D eigenvalue weighted by Gasteiger charge is -2.33. The molecule has 0 unspecified atom stereocenters. The Bertz CT molecular complexity index is 407. The second-order valence-corrected chi connectivity index (χ2v) is 5.90. The third-order valence-electron chi connectivity index (χ3n) is 3.08. The van der Waals surface area contributed by atoms with Crippen LogP contribution in [0.4, 0.5) is 0 Å². The number of thiophene rings is 1. The van der Waals surface area contributed by atoms with Gasteiger partial charge in [0.25, 0.3) is 0 Å². The Kier molecular flexibility index (Phi) is 3.24. The number of carboxylic acid groups (broad SMARTS) is 1. The van der Waals surface area contributed by atoms with Crippen LogP contribution in [0, 0.1) is 6.92 Å². The molecule has 2 rings (SSSR count). The Labute approximate surface area is 103 Å². The average molecular weight is 261 g/mol. The zero-order valence-electron chi connectivity index (χ0n) is 8.96. The summed E-state index contributed by atoms with van der Waals surface area (Å²) in [5.74, 6) is -0.796. The molecule has 1 aromatic heterocycles. The van der Waals surface area contributed by atoms with Crippen LogP contribution in [0.15, 0.2) is 6.07 Å². The van der Waals surface area contributed by atoms with Crippen LogP contribution in [0.3, 0.4) is 0 Å². The molecular weight excluding hydrogens is 248 g/mol. The normalized spacial score (nSPS) is 19.6. The van der Waals surface area contributed by atoms with Gasteiger partial charge in [0.15, 0.2) is 0 Å². The lowest BCUT2D eigenvalue weighted by molar-refractivity contribution is -0.147. The van der Waals surface area contributed by atoms with Crippen molar-refractivity contribution >= 4 is 28.9 Å². The minimum Gasteiger partial charge on any atom is -0.481 e. The maximum absolute atomic E-state index is 11.5. The van der Waals surface area contributed by atoms with Gasteiger partial charge in [-0.3, -0.25) is 4.79 Å². The van der Waals surface area contributed by atoms with E-state index in [-0.39, 0.29) is 0 Å². The van der Waals surface area contributed by atoms with Crippen LogP contribution in [0.5, 0.6) is 0 Å². The van der Waals surface area contributed by atoms with Gasteiger partial charge in [-0.15, -0.1) is 11.3 Å². The zero-order chi connectivity index (χ0) is 11.8. The van der Waals surface area contributed by atoms with E-state index in [9.17, 15) is 9.90 Å². The van der Waals surface area contributed by atoms with Crippen molar-refractivity contribution in [3.05, 3.63) is 20.8 Å². The molecule has 1 saturated heterocycles. The van der Waals surface area contributed by atoms with Crippen molar-refractivity contribution in [1.29, 1.82) is 0 Å². The summed E-state index contributed by atoms with van der Waals surface area (Å²) in [5, 5.41) is 9.47. The molecule has 0 aromatic carbocycles. The van der Waals surface area contributed by atoms with E-state index in [0.29, 0.717) is 30.4 Å². The quantitative estimate of drug-likeness (QED) is 0.889. The highest BCUT2D eigenvalue weighted by molar-refractivity contribution is 7.16. The third kappa shape index (κ3) is 1.85. The number of rotatable bonds is 2. The van der Waals surface area contributed by atoms with Crippen LogP contribution >= 0.6 is 22.9 Å². The summed E-state index contributed by atoms with van der Waals surface area (Å²) in [7, 11) is 0. The predicted octanol–water partition coefficient (Wildman–Crippen LogP) is 2.84. The molecule has 1 aliphatic rings. The Morgan fingerprint density at radius 1 is 1.56 bits per heavy atom. The highest BCUT2D eigenvalue weighted by atomic mass is 35.5. The molecule has 0 atom stereocenters. The smallest absolute Gasteiger partial charge is 0.314 e. The van der Waals surface area contributed by atoms with Crippen LogP contribution < -0.4 is 0 Å². The number of ether oxygens (including phenoxy) is 1. The van der Waals surface area contributed by atoms with Crippen LogP contribution in [0.25, 0.3) is 0 Å². The summed E-state index contributed by atoms with van der Waals surface area (Å²) in [6, 6.07) is 1.90. The van der Waals surface area contributed by atoms with Gasteiger partial charge >= 0.3 is 5.97 Å². The first kappa shape index (κ1) is 11.9. The van der Waals surface area contributed by atoms with E-state index >= 15 is 0 Å². The fourth-order valence-corrected chi connectivity index (χ4v) is 3.55. The molecule has 0 saturated carbocycles. The molecule has 1 aromatic rings. The second-order valence-electron chi connectivity index (χ2n) is 4.04. The Morgan fingerprint density at radius 3 is 2.62 bits per heavy atom. The van der Waals surface area contributed by atoms with Crippen molar-refractivity contribution in [3.8, 4) is 0 Å². The van der Waals surface area contributed by atoms with E-state index in [1.165, 1.54) is 11.3 Å². The number of aliphatic carboxylic acids is 1. The van der Waals surface area contributed by atoms with Crippen LogP contribution in [-0.2, 0) is 14.9 Å². The number of aryl methyl sites for hydroxylation is 1. The number of carboxylic acids is 1. The molecule has 0 aliphatic carbocycles. The second kappa shape index (κ2) is 4.35. The third-order valence-corrected chi connectivity index (χ3v) is 4.36. The molecule has 0 bridgehead atoms. The molecule has 5 heteroatoms. The minimum atomic E-state index is -0.847. The van der Waals surface area contributed by atoms with Crippen molar-refractivity contribution in [3.63, 3.8) is 0 Å². The number of halogens is 1. The van der Waals surface area contributed by atoms with Crippen molar-refractivity contribution in [1.82, 2.24) is 0 Å². The summed E-state index contributed by atoms with van der Waals surface area (Å²) in [6.45, 7) is 2.91. The molecule has 3 nitrogen and oxygen atoms in total. The first-order valence-corrected chi connectivity index (χ1v) is 6.33. The Hall–Kier alpha value is -0.580. The van der Waals surface area contributed by atoms with Gasteiger partial charge in [0, 0.05) is 18.1 Å². The fourth-order valence-electron chi connectivity index (χ4n) is 2.13. The first-order valence-electron chi connectivity index (χ1n) is 5.14. The minimum absolute atomic E-state index is 0.484. The van der Waals surface area contributed by atoms with Crippen molar-refractivity contribution in [2.45, 2.75) is 25.2 Å². The molecule has 1 N–H and O–H groups in total. The molecule has 1 aliphatic heterocycles. The van der Waals surface area contributed by atoms with Gasteiger partial charge in [-0.05, 0) is 31.4 Å². The van der Waals surface area contributed by atoms with E-state index in [1.54, 1.807) is 0 Å². The van der Waals surface area contributed by atoms with Gasteiger partial charge in [0.2, 0.25) is 0 Å². The monoisotopic (exact) mass is 260 g/mol. The summed E-state index contributed by atoms with van der Waals surface area (Å²) in [6.07, 6.45) is 0.996. The maximum Gasteiger partial charge on any atom is 0.314 e. The van der Waals surface area contributed by atoms with Gasteiger partial charge in [-0.1, -0.05) is 11.6 Å². The van der Waals surface area contributed by atoms with Crippen molar-refractivity contribution < 1.29 is 14.6 Å². The molecular formula is C11H13ClO3S. The standard InChI is InChI=1S/C11H13ClO3S/c1-7-6-8(9(12)16-7)11(10(13)14)2-4-15-5-3-11/h6H,2-5H2,1H3,(H,13,14). The average Bonchev–Trinajstić information content (AvgIpc) is 2.59. The van der Waals surface area contributed by atoms with Gasteiger partial charge in [0.05, 0.1) is 9.75 Å². The fraction of sp³-hybridized carbons (Fsp3) is 0.545. The van der Waals surface area contributed by atoms with Gasteiger partial charge < -0.3 is 9.84 Å². The number of hydrogen-bond acceptors (Lipinski definition) is 3. The lowest BCUT2D eigenvalue weighted by atomic mass is 9.75. The summed E-state index contributed by atoms with van der Waals surface area (Å²) >= 11 is 7.57. The zero-order valence-corrected chi connectivity index (χ0v) is 10.5. The molecule has 16 heavy (non-hydrogen) atoms. The van der Waals surface area contributed by atoms with Gasteiger partial charge in [-0.2, -0.15) is 0 Å². The van der Waals surface area contributed by atoms with E-state index in [1.807, 2.05) is 13.0 Å². The highest BCUT2D eigenvalue weighted by Gasteiger charge is 2.43. The number of hydrogen-bond donors (Lipinski definition) is 1. The summed E-state index contributed by atoms with van der Waals surface area (Å²) < 4.78 is 5.84. The topological polar surface area (TPSA) is 46.5 Å². The van der Waals surface area contributed by atoms with Crippen LogP contribution in [0.1, 0.15) is 23.3 Å². The van der Waals surface area contributed by atoms with Gasteiger partial charge in [0.1, 0.15) is 0 Å². The maximum atomic E-state index is 11.5. The van der Waals surface area contributed by atoms with E-state index in [4.69, 9.17) is 16.3 Å². The molecule has 0 radical (unpaired) electrons. The van der Waals surface area contributed by atoms with Gasteiger partial charge in [-0.25, -0.2) is 0 Å². The lowest BCUT2D eigenvalue weighted by Crippen LogP contribution is -2.41. The SMILES string of the molecule is Cc1cc(C2(C(=O)O)CCOCC2)c(Cl)s1. The molecule has 0 spiro atoms. The first-order chi connectivity index (χ1) is 7.56. The Balaban J connectivity index is 2.46. The largest absolute Gasteiger partial charge is 0.481 e. The molecule has 2 heterocycles. The van der Waals surface area contributed by atoms with Crippen LogP contribution in [-0.4, -0.2) is 24.3 Å². The van der Waals surface area contributed by atoms with Crippen LogP contribution in [0.2, 0.25) is 4.34 Å². The summed E-state index contributed by atoms with van der Waals surface area (Å²) in [5.41, 5.74) is -0.0902. The molecule has 88 valence electrons. The predicted molar refractivity (Wildman–Crippen MR) is 63.4 cm³/mol. The van der Waals surface area contributed by atoms with Crippen molar-refractivity contribution in [2.75, 3.05) is 13.2 Å².